The predicted molar refractivity (Wildman–Crippen MR) is 130 cm³/mol. The molecule has 0 spiro atoms. The van der Waals surface area contributed by atoms with Crippen LogP contribution in [0.1, 0.15) is 105 Å². The van der Waals surface area contributed by atoms with E-state index >= 15 is 0 Å². The van der Waals surface area contributed by atoms with Gasteiger partial charge < -0.3 is 20.4 Å². The fraction of sp³-hybridized carbons (Fsp3) is 0.857. The zero-order chi connectivity index (χ0) is 23.7. The summed E-state index contributed by atoms with van der Waals surface area (Å²) in [6, 6.07) is 0. The van der Waals surface area contributed by atoms with Crippen LogP contribution in [0, 0.1) is 23.2 Å². The average molecular weight is 449 g/mol. The van der Waals surface area contributed by atoms with Crippen LogP contribution in [0.5, 0.6) is 0 Å². The molecule has 3 aliphatic rings. The predicted octanol–water partition coefficient (Wildman–Crippen LogP) is 5.29. The van der Waals surface area contributed by atoms with Gasteiger partial charge in [0, 0.05) is 0 Å². The van der Waals surface area contributed by atoms with Crippen molar-refractivity contribution in [1.29, 1.82) is 0 Å². The van der Waals surface area contributed by atoms with Gasteiger partial charge >= 0.3 is 0 Å². The Morgan fingerprint density at radius 3 is 2.38 bits per heavy atom. The zero-order valence-electron chi connectivity index (χ0n) is 21.1. The van der Waals surface area contributed by atoms with Crippen molar-refractivity contribution in [3.05, 3.63) is 23.3 Å². The Bertz CT molecular complexity index is 689. The Balaban J connectivity index is 1.68. The summed E-state index contributed by atoms with van der Waals surface area (Å²) in [4.78, 5) is 0. The molecule has 3 unspecified atom stereocenters. The Kier molecular flexibility index (Phi) is 8.02. The van der Waals surface area contributed by atoms with Gasteiger partial charge in [-0.05, 0) is 94.8 Å². The van der Waals surface area contributed by atoms with E-state index in [0.29, 0.717) is 36.5 Å². The van der Waals surface area contributed by atoms with E-state index in [1.54, 1.807) is 0 Å². The lowest BCUT2D eigenvalue weighted by atomic mass is 9.60. The minimum Gasteiger partial charge on any atom is -0.390 e. The molecule has 0 bridgehead atoms. The third-order valence-electron chi connectivity index (χ3n) is 9.34. The number of hydrogen-bond donors (Lipinski definition) is 4. The second-order valence-electron chi connectivity index (χ2n) is 12.1. The van der Waals surface area contributed by atoms with Crippen LogP contribution in [0.15, 0.2) is 23.3 Å². The van der Waals surface area contributed by atoms with Gasteiger partial charge in [0.25, 0.3) is 0 Å². The standard InChI is InChI=1S/C28H48O4/c1-6-28(32)24(29)17-20(18-25(28)30)11-12-21-10-8-16-27(5)22(13-14-23(21)27)19(2)9-7-15-26(3,4)31/h11-12,19,22-25,29-32H,6-10,13-18H2,1-5H3/t19-,22?,23?,24+,25+,27?,28?/m0/s1. The van der Waals surface area contributed by atoms with Crippen LogP contribution in [-0.2, 0) is 0 Å². The van der Waals surface area contributed by atoms with Gasteiger partial charge in [0.1, 0.15) is 5.60 Å². The normalized spacial score (nSPS) is 40.4. The molecule has 3 saturated carbocycles. The summed E-state index contributed by atoms with van der Waals surface area (Å²) in [7, 11) is 0. The van der Waals surface area contributed by atoms with E-state index in [1.165, 1.54) is 37.7 Å². The van der Waals surface area contributed by atoms with Crippen molar-refractivity contribution in [3.63, 3.8) is 0 Å². The summed E-state index contributed by atoms with van der Waals surface area (Å²) >= 11 is 0. The first-order valence-electron chi connectivity index (χ1n) is 13.1. The van der Waals surface area contributed by atoms with Crippen LogP contribution in [0.3, 0.4) is 0 Å². The molecule has 4 heteroatoms. The third kappa shape index (κ3) is 5.35. The molecule has 0 saturated heterocycles. The molecule has 4 nitrogen and oxygen atoms in total. The Labute approximate surface area is 195 Å². The molecule has 184 valence electrons. The number of aliphatic hydroxyl groups is 4. The maximum Gasteiger partial charge on any atom is 0.117 e. The van der Waals surface area contributed by atoms with Gasteiger partial charge in [0.2, 0.25) is 0 Å². The van der Waals surface area contributed by atoms with Crippen molar-refractivity contribution >= 4 is 0 Å². The summed E-state index contributed by atoms with van der Waals surface area (Å²) in [5.41, 5.74) is 0.984. The number of rotatable bonds is 7. The van der Waals surface area contributed by atoms with Crippen molar-refractivity contribution in [2.45, 2.75) is 129 Å². The minimum absolute atomic E-state index is 0.352. The van der Waals surface area contributed by atoms with E-state index < -0.39 is 23.4 Å². The first-order chi connectivity index (χ1) is 14.9. The molecule has 0 aliphatic heterocycles. The lowest BCUT2D eigenvalue weighted by Gasteiger charge is -2.44. The number of allylic oxidation sites excluding steroid dienone is 3. The molecule has 3 aliphatic carbocycles. The van der Waals surface area contributed by atoms with Crippen molar-refractivity contribution in [2.24, 2.45) is 23.2 Å². The summed E-state index contributed by atoms with van der Waals surface area (Å²) in [5.74, 6) is 2.05. The quantitative estimate of drug-likeness (QED) is 0.427. The maximum atomic E-state index is 10.5. The first kappa shape index (κ1) is 25.9. The molecule has 0 aromatic carbocycles. The molecular weight excluding hydrogens is 400 g/mol. The van der Waals surface area contributed by atoms with Gasteiger partial charge in [-0.25, -0.2) is 0 Å². The number of aliphatic hydroxyl groups excluding tert-OH is 2. The SMILES string of the molecule is CCC1(O)[C@H](O)CC(=CC=C2CCCC3(C)C2CCC3[C@@H](C)CCCC(C)(C)O)C[C@H]1O. The second kappa shape index (κ2) is 9.90. The zero-order valence-corrected chi connectivity index (χ0v) is 21.1. The minimum atomic E-state index is -1.38. The van der Waals surface area contributed by atoms with Gasteiger partial charge in [0.05, 0.1) is 17.8 Å². The number of hydrogen-bond acceptors (Lipinski definition) is 4. The molecule has 0 aromatic rings. The molecule has 0 aromatic heterocycles. The molecule has 0 heterocycles. The van der Waals surface area contributed by atoms with Crippen molar-refractivity contribution in [1.82, 2.24) is 0 Å². The number of fused-ring (bicyclic) bond motifs is 1. The lowest BCUT2D eigenvalue weighted by Crippen LogP contribution is -2.54. The van der Waals surface area contributed by atoms with E-state index in [1.807, 2.05) is 20.8 Å². The lowest BCUT2D eigenvalue weighted by molar-refractivity contribution is -0.158. The molecule has 0 amide bonds. The molecule has 6 atom stereocenters. The highest BCUT2D eigenvalue weighted by Gasteiger charge is 2.50. The average Bonchev–Trinajstić information content (AvgIpc) is 3.06. The summed E-state index contributed by atoms with van der Waals surface area (Å²) < 4.78 is 0. The summed E-state index contributed by atoms with van der Waals surface area (Å²) in [5, 5.41) is 41.4. The van der Waals surface area contributed by atoms with Crippen molar-refractivity contribution in [2.75, 3.05) is 0 Å². The van der Waals surface area contributed by atoms with Crippen molar-refractivity contribution in [3.8, 4) is 0 Å². The van der Waals surface area contributed by atoms with Gasteiger partial charge in [0.15, 0.2) is 0 Å². The molecule has 0 radical (unpaired) electrons. The van der Waals surface area contributed by atoms with Gasteiger partial charge in [-0.15, -0.1) is 0 Å². The van der Waals surface area contributed by atoms with Gasteiger partial charge in [-0.1, -0.05) is 56.9 Å². The molecule has 4 N–H and O–H groups in total. The highest BCUT2D eigenvalue weighted by molar-refractivity contribution is 5.27. The Morgan fingerprint density at radius 1 is 1.12 bits per heavy atom. The fourth-order valence-electron chi connectivity index (χ4n) is 7.26. The molecule has 3 fully saturated rings. The van der Waals surface area contributed by atoms with Crippen LogP contribution >= 0.6 is 0 Å². The summed E-state index contributed by atoms with van der Waals surface area (Å²) in [6.07, 6.45) is 13.2. The smallest absolute Gasteiger partial charge is 0.117 e. The molecule has 3 rings (SSSR count). The second-order valence-corrected chi connectivity index (χ2v) is 12.1. The summed E-state index contributed by atoms with van der Waals surface area (Å²) in [6.45, 7) is 10.6. The van der Waals surface area contributed by atoms with Crippen LogP contribution in [0.25, 0.3) is 0 Å². The van der Waals surface area contributed by atoms with Crippen LogP contribution in [0.4, 0.5) is 0 Å². The van der Waals surface area contributed by atoms with Crippen LogP contribution in [-0.4, -0.2) is 43.8 Å². The van der Waals surface area contributed by atoms with Crippen molar-refractivity contribution < 1.29 is 20.4 Å². The van der Waals surface area contributed by atoms with E-state index in [0.717, 1.165) is 30.8 Å². The Morgan fingerprint density at radius 2 is 1.78 bits per heavy atom. The van der Waals surface area contributed by atoms with Crippen LogP contribution < -0.4 is 0 Å². The van der Waals surface area contributed by atoms with E-state index in [4.69, 9.17) is 0 Å². The van der Waals surface area contributed by atoms with Gasteiger partial charge in [-0.3, -0.25) is 0 Å². The van der Waals surface area contributed by atoms with Crippen LogP contribution in [0.2, 0.25) is 0 Å². The van der Waals surface area contributed by atoms with Gasteiger partial charge in [-0.2, -0.15) is 0 Å². The van der Waals surface area contributed by atoms with E-state index in [2.05, 4.69) is 26.0 Å². The first-order valence-corrected chi connectivity index (χ1v) is 13.1. The monoisotopic (exact) mass is 448 g/mol. The maximum absolute atomic E-state index is 10.5. The molecular formula is C28H48O4. The fourth-order valence-corrected chi connectivity index (χ4v) is 7.26. The molecule has 32 heavy (non-hydrogen) atoms. The largest absolute Gasteiger partial charge is 0.390 e. The highest BCUT2D eigenvalue weighted by Crippen LogP contribution is 2.60. The van der Waals surface area contributed by atoms with E-state index in [9.17, 15) is 20.4 Å². The topological polar surface area (TPSA) is 80.9 Å². The highest BCUT2D eigenvalue weighted by atomic mass is 16.4. The Hall–Kier alpha value is -0.680. The van der Waals surface area contributed by atoms with E-state index in [-0.39, 0.29) is 0 Å². The third-order valence-corrected chi connectivity index (χ3v) is 9.34.